The van der Waals surface area contributed by atoms with Crippen LogP contribution in [-0.4, -0.2) is 21.0 Å². The van der Waals surface area contributed by atoms with Gasteiger partial charge in [0.1, 0.15) is 5.69 Å². The van der Waals surface area contributed by atoms with Crippen LogP contribution in [0.3, 0.4) is 0 Å². The molecule has 0 aliphatic rings. The van der Waals surface area contributed by atoms with Crippen molar-refractivity contribution in [2.45, 2.75) is 0 Å². The number of hydrogen-bond acceptors (Lipinski definition) is 6. The molecule has 1 amide bonds. The van der Waals surface area contributed by atoms with Crippen molar-refractivity contribution < 1.29 is 9.32 Å². The van der Waals surface area contributed by atoms with E-state index in [9.17, 15) is 4.79 Å². The first kappa shape index (κ1) is 15.2. The van der Waals surface area contributed by atoms with E-state index in [1.165, 1.54) is 11.3 Å². The Morgan fingerprint density at radius 2 is 2.04 bits per heavy atom. The summed E-state index contributed by atoms with van der Waals surface area (Å²) in [5.74, 6) is 0.644. The van der Waals surface area contributed by atoms with Gasteiger partial charge in [0.25, 0.3) is 11.8 Å². The zero-order valence-corrected chi connectivity index (χ0v) is 13.7. The van der Waals surface area contributed by atoms with E-state index in [0.717, 1.165) is 5.56 Å². The topological polar surface area (TPSA) is 80.9 Å². The first-order chi connectivity index (χ1) is 12.3. The molecule has 25 heavy (non-hydrogen) atoms. The highest BCUT2D eigenvalue weighted by molar-refractivity contribution is 7.12. The molecule has 0 saturated carbocycles. The number of nitrogens with zero attached hydrogens (tertiary/aromatic N) is 3. The van der Waals surface area contributed by atoms with E-state index in [4.69, 9.17) is 4.52 Å². The number of thiophene rings is 1. The maximum Gasteiger partial charge on any atom is 0.276 e. The van der Waals surface area contributed by atoms with Crippen molar-refractivity contribution in [2.24, 2.45) is 0 Å². The average Bonchev–Trinajstić information content (AvgIpc) is 3.35. The summed E-state index contributed by atoms with van der Waals surface area (Å²) < 4.78 is 5.28. The lowest BCUT2D eigenvalue weighted by Gasteiger charge is -2.04. The van der Waals surface area contributed by atoms with Crippen LogP contribution in [-0.2, 0) is 0 Å². The molecular weight excluding hydrogens is 336 g/mol. The Kier molecular flexibility index (Phi) is 4.05. The van der Waals surface area contributed by atoms with Crippen molar-refractivity contribution in [3.63, 3.8) is 0 Å². The summed E-state index contributed by atoms with van der Waals surface area (Å²) in [5, 5.41) is 8.73. The molecule has 4 aromatic rings. The van der Waals surface area contributed by atoms with Crippen molar-refractivity contribution in [2.75, 3.05) is 5.32 Å². The molecule has 3 aromatic heterocycles. The molecule has 1 N–H and O–H groups in total. The number of carbonyl (C=O) groups is 1. The van der Waals surface area contributed by atoms with E-state index < -0.39 is 0 Å². The monoisotopic (exact) mass is 348 g/mol. The third-order valence-corrected chi connectivity index (χ3v) is 4.30. The maximum absolute atomic E-state index is 12.2. The van der Waals surface area contributed by atoms with Crippen molar-refractivity contribution >= 4 is 22.9 Å². The molecule has 1 aromatic carbocycles. The largest absolute Gasteiger partial charge is 0.332 e. The number of rotatable bonds is 4. The Morgan fingerprint density at radius 1 is 1.08 bits per heavy atom. The van der Waals surface area contributed by atoms with Gasteiger partial charge in [0.15, 0.2) is 0 Å². The van der Waals surface area contributed by atoms with Gasteiger partial charge in [-0.05, 0) is 35.7 Å². The molecule has 0 bridgehead atoms. The van der Waals surface area contributed by atoms with Crippen LogP contribution in [0.5, 0.6) is 0 Å². The molecule has 6 nitrogen and oxygen atoms in total. The first-order valence-electron chi connectivity index (χ1n) is 7.50. The van der Waals surface area contributed by atoms with Gasteiger partial charge in [-0.1, -0.05) is 29.4 Å². The molecule has 122 valence electrons. The summed E-state index contributed by atoms with van der Waals surface area (Å²) in [7, 11) is 0. The Labute approximate surface area is 147 Å². The zero-order chi connectivity index (χ0) is 17.1. The van der Waals surface area contributed by atoms with Crippen LogP contribution in [0.25, 0.3) is 23.0 Å². The van der Waals surface area contributed by atoms with Crippen LogP contribution in [0, 0.1) is 0 Å². The number of hydrogen-bond donors (Lipinski definition) is 1. The molecule has 0 aliphatic heterocycles. The van der Waals surface area contributed by atoms with Crippen molar-refractivity contribution in [3.05, 3.63) is 71.1 Å². The molecule has 3 heterocycles. The second-order valence-corrected chi connectivity index (χ2v) is 6.10. The second kappa shape index (κ2) is 6.66. The molecule has 0 spiro atoms. The predicted molar refractivity (Wildman–Crippen MR) is 95.2 cm³/mol. The number of nitrogens with one attached hydrogen (secondary N) is 1. The normalized spacial score (nSPS) is 10.6. The summed E-state index contributed by atoms with van der Waals surface area (Å²) in [6.45, 7) is 0. The highest BCUT2D eigenvalue weighted by atomic mass is 32.1. The number of anilines is 1. The minimum atomic E-state index is -0.144. The van der Waals surface area contributed by atoms with Gasteiger partial charge in [0, 0.05) is 17.4 Å². The first-order valence-corrected chi connectivity index (χ1v) is 8.38. The molecule has 0 fully saturated rings. The lowest BCUT2D eigenvalue weighted by atomic mass is 10.2. The van der Waals surface area contributed by atoms with Crippen LogP contribution in [0.1, 0.15) is 9.67 Å². The van der Waals surface area contributed by atoms with Crippen LogP contribution < -0.4 is 5.32 Å². The number of aromatic nitrogens is 3. The maximum atomic E-state index is 12.2. The molecule has 7 heteroatoms. The lowest BCUT2D eigenvalue weighted by Crippen LogP contribution is -2.09. The van der Waals surface area contributed by atoms with Crippen molar-refractivity contribution in [1.29, 1.82) is 0 Å². The molecule has 0 saturated heterocycles. The number of benzene rings is 1. The molecule has 0 radical (unpaired) electrons. The quantitative estimate of drug-likeness (QED) is 0.600. The molecule has 0 aliphatic carbocycles. The fourth-order valence-corrected chi connectivity index (χ4v) is 2.89. The van der Waals surface area contributed by atoms with Crippen LogP contribution in [0.4, 0.5) is 5.69 Å². The van der Waals surface area contributed by atoms with Gasteiger partial charge in [0.05, 0.1) is 4.88 Å². The molecule has 4 rings (SSSR count). The van der Waals surface area contributed by atoms with E-state index in [2.05, 4.69) is 20.4 Å². The van der Waals surface area contributed by atoms with Gasteiger partial charge in [-0.2, -0.15) is 4.98 Å². The second-order valence-electron chi connectivity index (χ2n) is 5.15. The Bertz CT molecular complexity index is 997. The van der Waals surface area contributed by atoms with Gasteiger partial charge >= 0.3 is 0 Å². The van der Waals surface area contributed by atoms with Gasteiger partial charge in [-0.15, -0.1) is 11.3 Å². The van der Waals surface area contributed by atoms with Crippen LogP contribution in [0.15, 0.2) is 70.7 Å². The zero-order valence-electron chi connectivity index (χ0n) is 12.9. The van der Waals surface area contributed by atoms with Gasteiger partial charge in [-0.25, -0.2) is 0 Å². The van der Waals surface area contributed by atoms with E-state index in [1.807, 2.05) is 41.8 Å². The van der Waals surface area contributed by atoms with Crippen molar-refractivity contribution in [3.8, 4) is 23.0 Å². The summed E-state index contributed by atoms with van der Waals surface area (Å²) in [5.41, 5.74) is 2.03. The Balaban J connectivity index is 1.58. The van der Waals surface area contributed by atoms with Crippen LogP contribution in [0.2, 0.25) is 0 Å². The van der Waals surface area contributed by atoms with Crippen LogP contribution >= 0.6 is 11.3 Å². The van der Waals surface area contributed by atoms with E-state index in [0.29, 0.717) is 28.0 Å². The number of pyridine rings is 1. The highest BCUT2D eigenvalue weighted by Crippen LogP contribution is 2.23. The highest BCUT2D eigenvalue weighted by Gasteiger charge is 2.12. The SMILES string of the molecule is O=C(Nc1cccc(-c2noc(-c3ccccn3)n2)c1)c1cccs1. The average molecular weight is 348 g/mol. The third kappa shape index (κ3) is 3.31. The lowest BCUT2D eigenvalue weighted by molar-refractivity contribution is 0.103. The van der Waals surface area contributed by atoms with Gasteiger partial charge < -0.3 is 9.84 Å². The third-order valence-electron chi connectivity index (χ3n) is 3.43. The predicted octanol–water partition coefficient (Wildman–Crippen LogP) is 4.11. The standard InChI is InChI=1S/C18H12N4O2S/c23-17(15-8-4-10-25-15)20-13-6-3-5-12(11-13)16-21-18(24-22-16)14-7-1-2-9-19-14/h1-11H,(H,20,23). The van der Waals surface area contributed by atoms with E-state index >= 15 is 0 Å². The summed E-state index contributed by atoms with van der Waals surface area (Å²) in [6.07, 6.45) is 1.67. The fourth-order valence-electron chi connectivity index (χ4n) is 2.27. The van der Waals surface area contributed by atoms with Gasteiger partial charge in [-0.3, -0.25) is 9.78 Å². The van der Waals surface area contributed by atoms with E-state index in [1.54, 1.807) is 24.4 Å². The number of carbonyl (C=O) groups excluding carboxylic acids is 1. The Hall–Kier alpha value is -3.32. The molecule has 0 atom stereocenters. The number of amides is 1. The van der Waals surface area contributed by atoms with Crippen molar-refractivity contribution in [1.82, 2.24) is 15.1 Å². The summed E-state index contributed by atoms with van der Waals surface area (Å²) >= 11 is 1.39. The summed E-state index contributed by atoms with van der Waals surface area (Å²) in [4.78, 5) is 21.4. The minimum Gasteiger partial charge on any atom is -0.332 e. The van der Waals surface area contributed by atoms with E-state index in [-0.39, 0.29) is 5.91 Å². The smallest absolute Gasteiger partial charge is 0.276 e. The molecule has 0 unspecified atom stereocenters. The fraction of sp³-hybridized carbons (Fsp3) is 0. The van der Waals surface area contributed by atoms with Gasteiger partial charge in [0.2, 0.25) is 5.82 Å². The minimum absolute atomic E-state index is 0.144. The molecular formula is C18H12N4O2S. The summed E-state index contributed by atoms with van der Waals surface area (Å²) in [6, 6.07) is 16.4. The Morgan fingerprint density at radius 3 is 2.84 bits per heavy atom.